The lowest BCUT2D eigenvalue weighted by atomic mass is 10.2. The van der Waals surface area contributed by atoms with Crippen LogP contribution in [0.25, 0.3) is 10.6 Å². The summed E-state index contributed by atoms with van der Waals surface area (Å²) in [4.78, 5) is 21.5. The van der Waals surface area contributed by atoms with Crippen LogP contribution in [0.5, 0.6) is 11.5 Å². The van der Waals surface area contributed by atoms with Crippen LogP contribution in [-0.4, -0.2) is 29.5 Å². The standard InChI is InChI=1S/C21H18N2O3S2/c1-13-8-9-23(15-4-2-3-5-18(15)27-13)21(24)19-11-22-20(28-19)14-6-7-16-17(10-14)26-12-25-16/h2-7,10-11,13H,8-9,12H2,1H3. The summed E-state index contributed by atoms with van der Waals surface area (Å²) in [6.07, 6.45) is 2.63. The van der Waals surface area contributed by atoms with Crippen LogP contribution in [0.4, 0.5) is 5.69 Å². The summed E-state index contributed by atoms with van der Waals surface area (Å²) in [5.74, 6) is 1.46. The monoisotopic (exact) mass is 410 g/mol. The second-order valence-electron chi connectivity index (χ2n) is 6.74. The Morgan fingerprint density at radius 1 is 1.18 bits per heavy atom. The van der Waals surface area contributed by atoms with E-state index in [1.54, 1.807) is 6.20 Å². The number of thioether (sulfide) groups is 1. The molecule has 7 heteroatoms. The third-order valence-corrected chi connectivity index (χ3v) is 7.10. The molecule has 0 radical (unpaired) electrons. The fraction of sp³-hybridized carbons (Fsp3) is 0.238. The normalized spacial score (nSPS) is 17.9. The molecule has 1 amide bonds. The number of fused-ring (bicyclic) bond motifs is 2. The predicted octanol–water partition coefficient (Wildman–Crippen LogP) is 5.07. The fourth-order valence-corrected chi connectivity index (χ4v) is 5.34. The van der Waals surface area contributed by atoms with Gasteiger partial charge in [0.1, 0.15) is 9.88 Å². The molecule has 0 spiro atoms. The number of anilines is 1. The van der Waals surface area contributed by atoms with Crippen LogP contribution in [-0.2, 0) is 0 Å². The van der Waals surface area contributed by atoms with Crippen LogP contribution in [0.3, 0.4) is 0 Å². The van der Waals surface area contributed by atoms with Crippen molar-refractivity contribution in [2.45, 2.75) is 23.5 Å². The quantitative estimate of drug-likeness (QED) is 0.590. The van der Waals surface area contributed by atoms with Crippen molar-refractivity contribution in [3.63, 3.8) is 0 Å². The molecule has 1 atom stereocenters. The first-order chi connectivity index (χ1) is 13.7. The zero-order valence-corrected chi connectivity index (χ0v) is 16.9. The zero-order valence-electron chi connectivity index (χ0n) is 15.3. The van der Waals surface area contributed by atoms with Gasteiger partial charge in [0, 0.05) is 22.3 Å². The fourth-order valence-electron chi connectivity index (χ4n) is 3.37. The van der Waals surface area contributed by atoms with Gasteiger partial charge in [-0.3, -0.25) is 4.79 Å². The average molecular weight is 411 g/mol. The Balaban J connectivity index is 1.45. The molecule has 3 heterocycles. The number of carbonyl (C=O) groups is 1. The molecule has 0 saturated heterocycles. The molecule has 2 aliphatic heterocycles. The summed E-state index contributed by atoms with van der Waals surface area (Å²) < 4.78 is 10.8. The van der Waals surface area contributed by atoms with Gasteiger partial charge in [0.25, 0.3) is 5.91 Å². The molecular weight excluding hydrogens is 392 g/mol. The number of rotatable bonds is 2. The Bertz CT molecular complexity index is 1050. The molecule has 142 valence electrons. The number of hydrogen-bond acceptors (Lipinski definition) is 6. The van der Waals surface area contributed by atoms with Gasteiger partial charge in [0.05, 0.1) is 11.9 Å². The van der Waals surface area contributed by atoms with Crippen LogP contribution in [0, 0.1) is 0 Å². The highest BCUT2D eigenvalue weighted by atomic mass is 32.2. The molecular formula is C21H18N2O3S2. The minimum atomic E-state index is 0.00615. The Labute approximate surface area is 171 Å². The number of nitrogens with zero attached hydrogens (tertiary/aromatic N) is 2. The maximum atomic E-state index is 13.3. The van der Waals surface area contributed by atoms with E-state index in [2.05, 4.69) is 18.0 Å². The summed E-state index contributed by atoms with van der Waals surface area (Å²) in [5, 5.41) is 1.28. The minimum absolute atomic E-state index is 0.00615. The molecule has 2 aliphatic rings. The van der Waals surface area contributed by atoms with Crippen molar-refractivity contribution in [3.05, 3.63) is 53.5 Å². The van der Waals surface area contributed by atoms with Crippen molar-refractivity contribution in [2.24, 2.45) is 0 Å². The largest absolute Gasteiger partial charge is 0.454 e. The first-order valence-electron chi connectivity index (χ1n) is 9.12. The Kier molecular flexibility index (Phi) is 4.49. The smallest absolute Gasteiger partial charge is 0.270 e. The lowest BCUT2D eigenvalue weighted by Gasteiger charge is -2.21. The maximum absolute atomic E-state index is 13.3. The molecule has 0 N–H and O–H groups in total. The van der Waals surface area contributed by atoms with E-state index in [4.69, 9.17) is 9.47 Å². The van der Waals surface area contributed by atoms with E-state index < -0.39 is 0 Å². The third kappa shape index (κ3) is 3.14. The van der Waals surface area contributed by atoms with E-state index in [9.17, 15) is 4.79 Å². The van der Waals surface area contributed by atoms with Gasteiger partial charge in [-0.25, -0.2) is 4.98 Å². The van der Waals surface area contributed by atoms with Gasteiger partial charge in [-0.2, -0.15) is 0 Å². The maximum Gasteiger partial charge on any atom is 0.270 e. The first-order valence-corrected chi connectivity index (χ1v) is 10.8. The van der Waals surface area contributed by atoms with Crippen molar-refractivity contribution in [1.82, 2.24) is 4.98 Å². The van der Waals surface area contributed by atoms with Crippen LogP contribution < -0.4 is 14.4 Å². The molecule has 0 saturated carbocycles. The van der Waals surface area contributed by atoms with Gasteiger partial charge in [-0.15, -0.1) is 23.1 Å². The second-order valence-corrected chi connectivity index (χ2v) is 9.25. The highest BCUT2D eigenvalue weighted by molar-refractivity contribution is 8.00. The van der Waals surface area contributed by atoms with E-state index in [0.29, 0.717) is 22.4 Å². The summed E-state index contributed by atoms with van der Waals surface area (Å²) in [7, 11) is 0. The molecule has 1 aromatic heterocycles. The van der Waals surface area contributed by atoms with Crippen LogP contribution in [0.2, 0.25) is 0 Å². The van der Waals surface area contributed by atoms with E-state index in [1.807, 2.05) is 53.1 Å². The topological polar surface area (TPSA) is 51.7 Å². The van der Waals surface area contributed by atoms with E-state index >= 15 is 0 Å². The molecule has 28 heavy (non-hydrogen) atoms. The number of carbonyl (C=O) groups excluding carboxylic acids is 1. The lowest BCUT2D eigenvalue weighted by molar-refractivity contribution is 0.0990. The van der Waals surface area contributed by atoms with E-state index in [1.165, 1.54) is 11.3 Å². The number of hydrogen-bond donors (Lipinski definition) is 0. The highest BCUT2D eigenvalue weighted by Gasteiger charge is 2.26. The molecule has 0 aliphatic carbocycles. The Morgan fingerprint density at radius 2 is 2.04 bits per heavy atom. The second kappa shape index (κ2) is 7.14. The molecule has 0 bridgehead atoms. The SMILES string of the molecule is CC1CCN(C(=O)c2cnc(-c3ccc4c(c3)OCO4)s2)c2ccccc2S1. The summed E-state index contributed by atoms with van der Waals surface area (Å²) in [5.41, 5.74) is 1.91. The molecule has 5 rings (SSSR count). The van der Waals surface area contributed by atoms with Gasteiger partial charge >= 0.3 is 0 Å². The van der Waals surface area contributed by atoms with Crippen molar-refractivity contribution < 1.29 is 14.3 Å². The molecule has 3 aromatic rings. The first kappa shape index (κ1) is 17.6. The summed E-state index contributed by atoms with van der Waals surface area (Å²) >= 11 is 3.24. The minimum Gasteiger partial charge on any atom is -0.454 e. The predicted molar refractivity (Wildman–Crippen MR) is 112 cm³/mol. The molecule has 1 unspecified atom stereocenters. The molecule has 5 nitrogen and oxygen atoms in total. The Hall–Kier alpha value is -2.51. The number of benzene rings is 2. The number of thiazole rings is 1. The van der Waals surface area contributed by atoms with E-state index in [0.717, 1.165) is 33.3 Å². The Morgan fingerprint density at radius 3 is 2.96 bits per heavy atom. The van der Waals surface area contributed by atoms with Crippen molar-refractivity contribution in [2.75, 3.05) is 18.2 Å². The van der Waals surface area contributed by atoms with Gasteiger partial charge in [0.15, 0.2) is 11.5 Å². The van der Waals surface area contributed by atoms with Crippen molar-refractivity contribution >= 4 is 34.7 Å². The molecule has 2 aromatic carbocycles. The third-order valence-electron chi connectivity index (χ3n) is 4.82. The number of amides is 1. The van der Waals surface area contributed by atoms with Gasteiger partial charge in [0.2, 0.25) is 6.79 Å². The number of aromatic nitrogens is 1. The van der Waals surface area contributed by atoms with Crippen LogP contribution >= 0.6 is 23.1 Å². The van der Waals surface area contributed by atoms with Gasteiger partial charge in [-0.1, -0.05) is 19.1 Å². The van der Waals surface area contributed by atoms with Crippen molar-refractivity contribution in [1.29, 1.82) is 0 Å². The van der Waals surface area contributed by atoms with Crippen LogP contribution in [0.1, 0.15) is 23.0 Å². The molecule has 0 fully saturated rings. The van der Waals surface area contributed by atoms with E-state index in [-0.39, 0.29) is 12.7 Å². The summed E-state index contributed by atoms with van der Waals surface area (Å²) in [6, 6.07) is 13.9. The lowest BCUT2D eigenvalue weighted by Crippen LogP contribution is -2.31. The van der Waals surface area contributed by atoms with Crippen molar-refractivity contribution in [3.8, 4) is 22.1 Å². The van der Waals surface area contributed by atoms with Gasteiger partial charge < -0.3 is 14.4 Å². The van der Waals surface area contributed by atoms with Crippen LogP contribution in [0.15, 0.2) is 53.6 Å². The summed E-state index contributed by atoms with van der Waals surface area (Å²) in [6.45, 7) is 3.16. The number of para-hydroxylation sites is 1. The zero-order chi connectivity index (χ0) is 19.1. The highest BCUT2D eigenvalue weighted by Crippen LogP contribution is 2.40. The van der Waals surface area contributed by atoms with Gasteiger partial charge in [-0.05, 0) is 36.8 Å². The average Bonchev–Trinajstić information content (AvgIpc) is 3.34. The number of ether oxygens (including phenoxy) is 2.